The molecule has 2 nitrogen and oxygen atoms in total. The van der Waals surface area contributed by atoms with Crippen molar-refractivity contribution >= 4 is 22.6 Å². The Morgan fingerprint density at radius 2 is 2.23 bits per heavy atom. The van der Waals surface area contributed by atoms with E-state index < -0.39 is 0 Å². The topological polar surface area (TPSA) is 21.3 Å². The van der Waals surface area contributed by atoms with Crippen LogP contribution in [0.5, 0.6) is 0 Å². The number of morpholine rings is 1. The summed E-state index contributed by atoms with van der Waals surface area (Å²) in [5.74, 6) is 0. The van der Waals surface area contributed by atoms with Crippen LogP contribution in [0.15, 0.2) is 24.3 Å². The quantitative estimate of drug-likeness (QED) is 0.798. The molecule has 1 heterocycles. The monoisotopic (exact) mass is 289 g/mol. The van der Waals surface area contributed by atoms with Crippen LogP contribution in [-0.2, 0) is 4.74 Å². The van der Waals surface area contributed by atoms with Crippen molar-refractivity contribution in [3.63, 3.8) is 0 Å². The Labute approximate surface area is 91.8 Å². The van der Waals surface area contributed by atoms with Gasteiger partial charge in [0, 0.05) is 10.1 Å². The maximum absolute atomic E-state index is 5.43. The van der Waals surface area contributed by atoms with Gasteiger partial charge in [0.25, 0.3) is 0 Å². The number of halogens is 1. The number of nitrogens with one attached hydrogen (secondary N) is 1. The SMILES string of the molecule is Ic1ccccc1[C@H]1COCCN1. The molecule has 0 spiro atoms. The van der Waals surface area contributed by atoms with Gasteiger partial charge in [0.2, 0.25) is 0 Å². The first-order chi connectivity index (χ1) is 6.38. The van der Waals surface area contributed by atoms with Crippen LogP contribution in [0.2, 0.25) is 0 Å². The van der Waals surface area contributed by atoms with E-state index in [4.69, 9.17) is 4.74 Å². The lowest BCUT2D eigenvalue weighted by atomic mass is 10.1. The normalized spacial score (nSPS) is 23.0. The lowest BCUT2D eigenvalue weighted by molar-refractivity contribution is 0.0766. The number of benzene rings is 1. The van der Waals surface area contributed by atoms with Crippen LogP contribution >= 0.6 is 22.6 Å². The van der Waals surface area contributed by atoms with E-state index >= 15 is 0 Å². The van der Waals surface area contributed by atoms with E-state index in [0.29, 0.717) is 6.04 Å². The summed E-state index contributed by atoms with van der Waals surface area (Å²) in [4.78, 5) is 0. The molecular weight excluding hydrogens is 277 g/mol. The molecule has 70 valence electrons. The van der Waals surface area contributed by atoms with Crippen molar-refractivity contribution in [3.05, 3.63) is 33.4 Å². The van der Waals surface area contributed by atoms with Crippen LogP contribution in [0.25, 0.3) is 0 Å². The van der Waals surface area contributed by atoms with Gasteiger partial charge in [0.05, 0.1) is 19.3 Å². The van der Waals surface area contributed by atoms with Gasteiger partial charge in [-0.25, -0.2) is 0 Å². The molecular formula is C10H12INO. The third-order valence-corrected chi connectivity index (χ3v) is 3.18. The van der Waals surface area contributed by atoms with Crippen molar-refractivity contribution in [2.24, 2.45) is 0 Å². The van der Waals surface area contributed by atoms with Crippen LogP contribution in [0, 0.1) is 3.57 Å². The zero-order valence-electron chi connectivity index (χ0n) is 7.29. The van der Waals surface area contributed by atoms with Crippen LogP contribution in [0.4, 0.5) is 0 Å². The standard InChI is InChI=1S/C10H12INO/c11-9-4-2-1-3-8(9)10-7-13-6-5-12-10/h1-4,10,12H,5-7H2/t10-/m1/s1. The molecule has 0 amide bonds. The molecule has 0 aromatic heterocycles. The Morgan fingerprint density at radius 1 is 1.38 bits per heavy atom. The highest BCUT2D eigenvalue weighted by atomic mass is 127. The number of hydrogen-bond acceptors (Lipinski definition) is 2. The highest BCUT2D eigenvalue weighted by Crippen LogP contribution is 2.21. The molecule has 1 aromatic rings. The Kier molecular flexibility index (Phi) is 3.18. The van der Waals surface area contributed by atoms with Crippen molar-refractivity contribution in [2.45, 2.75) is 6.04 Å². The van der Waals surface area contributed by atoms with Crippen LogP contribution in [0.3, 0.4) is 0 Å². The largest absolute Gasteiger partial charge is 0.378 e. The molecule has 13 heavy (non-hydrogen) atoms. The second kappa shape index (κ2) is 4.39. The van der Waals surface area contributed by atoms with Gasteiger partial charge in [0.15, 0.2) is 0 Å². The maximum Gasteiger partial charge on any atom is 0.0662 e. The van der Waals surface area contributed by atoms with Crippen molar-refractivity contribution in [2.75, 3.05) is 19.8 Å². The highest BCUT2D eigenvalue weighted by Gasteiger charge is 2.16. The smallest absolute Gasteiger partial charge is 0.0662 e. The molecule has 1 aliphatic rings. The number of ether oxygens (including phenoxy) is 1. The number of hydrogen-bond donors (Lipinski definition) is 1. The van der Waals surface area contributed by atoms with Crippen molar-refractivity contribution < 1.29 is 4.74 Å². The Bertz CT molecular complexity index is 284. The third-order valence-electron chi connectivity index (χ3n) is 2.20. The van der Waals surface area contributed by atoms with Gasteiger partial charge >= 0.3 is 0 Å². The van der Waals surface area contributed by atoms with E-state index in [-0.39, 0.29) is 0 Å². The second-order valence-corrected chi connectivity index (χ2v) is 4.27. The van der Waals surface area contributed by atoms with Gasteiger partial charge in [-0.1, -0.05) is 18.2 Å². The Morgan fingerprint density at radius 3 is 2.92 bits per heavy atom. The zero-order chi connectivity index (χ0) is 9.10. The number of rotatable bonds is 1. The summed E-state index contributed by atoms with van der Waals surface area (Å²) < 4.78 is 6.73. The summed E-state index contributed by atoms with van der Waals surface area (Å²) in [6.45, 7) is 2.58. The summed E-state index contributed by atoms with van der Waals surface area (Å²) in [6, 6.07) is 8.81. The van der Waals surface area contributed by atoms with Gasteiger partial charge < -0.3 is 10.1 Å². The van der Waals surface area contributed by atoms with Gasteiger partial charge in [-0.15, -0.1) is 0 Å². The van der Waals surface area contributed by atoms with E-state index in [2.05, 4.69) is 52.2 Å². The van der Waals surface area contributed by atoms with Crippen molar-refractivity contribution in [3.8, 4) is 0 Å². The molecule has 1 fully saturated rings. The molecule has 3 heteroatoms. The van der Waals surface area contributed by atoms with E-state index in [9.17, 15) is 0 Å². The Balaban J connectivity index is 2.18. The van der Waals surface area contributed by atoms with Crippen LogP contribution in [-0.4, -0.2) is 19.8 Å². The second-order valence-electron chi connectivity index (χ2n) is 3.10. The van der Waals surface area contributed by atoms with E-state index in [1.54, 1.807) is 0 Å². The van der Waals surface area contributed by atoms with Crippen LogP contribution < -0.4 is 5.32 Å². The predicted octanol–water partition coefficient (Wildman–Crippen LogP) is 1.95. The molecule has 0 radical (unpaired) electrons. The molecule has 1 aromatic carbocycles. The molecule has 1 saturated heterocycles. The molecule has 0 aliphatic carbocycles. The fourth-order valence-corrected chi connectivity index (χ4v) is 2.29. The molecule has 0 bridgehead atoms. The lowest BCUT2D eigenvalue weighted by Gasteiger charge is -2.24. The summed E-state index contributed by atoms with van der Waals surface area (Å²) in [7, 11) is 0. The lowest BCUT2D eigenvalue weighted by Crippen LogP contribution is -2.34. The zero-order valence-corrected chi connectivity index (χ0v) is 9.45. The molecule has 0 saturated carbocycles. The van der Waals surface area contributed by atoms with Crippen molar-refractivity contribution in [1.29, 1.82) is 0 Å². The van der Waals surface area contributed by atoms with Crippen molar-refractivity contribution in [1.82, 2.24) is 5.32 Å². The molecule has 0 unspecified atom stereocenters. The molecule has 1 atom stereocenters. The molecule has 2 rings (SSSR count). The van der Waals surface area contributed by atoms with E-state index in [1.807, 2.05) is 0 Å². The van der Waals surface area contributed by atoms with Gasteiger partial charge in [0.1, 0.15) is 0 Å². The maximum atomic E-state index is 5.43. The minimum absolute atomic E-state index is 0.377. The minimum Gasteiger partial charge on any atom is -0.378 e. The Hall–Kier alpha value is -0.130. The fraction of sp³-hybridized carbons (Fsp3) is 0.400. The predicted molar refractivity (Wildman–Crippen MR) is 60.7 cm³/mol. The average molecular weight is 289 g/mol. The van der Waals surface area contributed by atoms with E-state index in [0.717, 1.165) is 19.8 Å². The van der Waals surface area contributed by atoms with Gasteiger partial charge in [-0.05, 0) is 34.2 Å². The first-order valence-electron chi connectivity index (χ1n) is 4.43. The molecule has 1 N–H and O–H groups in total. The third kappa shape index (κ3) is 2.21. The minimum atomic E-state index is 0.377. The molecule has 1 aliphatic heterocycles. The highest BCUT2D eigenvalue weighted by molar-refractivity contribution is 14.1. The van der Waals surface area contributed by atoms with E-state index in [1.165, 1.54) is 9.13 Å². The average Bonchev–Trinajstić information content (AvgIpc) is 2.20. The first kappa shape index (κ1) is 9.43. The summed E-state index contributed by atoms with van der Waals surface area (Å²) >= 11 is 2.37. The fourth-order valence-electron chi connectivity index (χ4n) is 1.52. The summed E-state index contributed by atoms with van der Waals surface area (Å²) in [5.41, 5.74) is 1.35. The first-order valence-corrected chi connectivity index (χ1v) is 5.51. The van der Waals surface area contributed by atoms with Crippen LogP contribution in [0.1, 0.15) is 11.6 Å². The van der Waals surface area contributed by atoms with Gasteiger partial charge in [-0.3, -0.25) is 0 Å². The summed E-state index contributed by atoms with van der Waals surface area (Å²) in [5, 5.41) is 3.45. The summed E-state index contributed by atoms with van der Waals surface area (Å²) in [6.07, 6.45) is 0. The van der Waals surface area contributed by atoms with Gasteiger partial charge in [-0.2, -0.15) is 0 Å².